The SMILES string of the molecule is O=C(O)NCCNCCCNNCCN(Cc1ccc(-c2ccccn2)cc1)C(=O)O. The fourth-order valence-electron chi connectivity index (χ4n) is 2.83. The van der Waals surface area contributed by atoms with Gasteiger partial charge in [-0.2, -0.15) is 0 Å². The summed E-state index contributed by atoms with van der Waals surface area (Å²) < 4.78 is 0. The fourth-order valence-corrected chi connectivity index (χ4v) is 2.83. The lowest BCUT2D eigenvalue weighted by Crippen LogP contribution is -2.41. The highest BCUT2D eigenvalue weighted by molar-refractivity contribution is 5.65. The molecule has 0 atom stereocenters. The molecule has 0 spiro atoms. The van der Waals surface area contributed by atoms with Gasteiger partial charge >= 0.3 is 12.2 Å². The average Bonchev–Trinajstić information content (AvgIpc) is 2.77. The summed E-state index contributed by atoms with van der Waals surface area (Å²) in [6, 6.07) is 13.5. The predicted octanol–water partition coefficient (Wildman–Crippen LogP) is 1.57. The molecule has 2 rings (SSSR count). The third kappa shape index (κ3) is 9.90. The van der Waals surface area contributed by atoms with Crippen LogP contribution < -0.4 is 21.5 Å². The molecule has 0 unspecified atom stereocenters. The van der Waals surface area contributed by atoms with Crippen molar-refractivity contribution in [2.75, 3.05) is 39.3 Å². The molecule has 6 N–H and O–H groups in total. The van der Waals surface area contributed by atoms with Gasteiger partial charge in [0.1, 0.15) is 0 Å². The number of hydrogen-bond acceptors (Lipinski definition) is 6. The Kier molecular flexibility index (Phi) is 10.8. The second-order valence-electron chi connectivity index (χ2n) is 6.81. The Bertz CT molecular complexity index is 788. The lowest BCUT2D eigenvalue weighted by molar-refractivity contribution is 0.142. The molecule has 0 bridgehead atoms. The Morgan fingerprint density at radius 1 is 0.903 bits per heavy atom. The highest BCUT2D eigenvalue weighted by Gasteiger charge is 2.12. The van der Waals surface area contributed by atoms with Crippen molar-refractivity contribution in [1.29, 1.82) is 0 Å². The molecule has 0 radical (unpaired) electrons. The van der Waals surface area contributed by atoms with E-state index in [2.05, 4.69) is 26.5 Å². The van der Waals surface area contributed by atoms with Gasteiger partial charge in [0.15, 0.2) is 0 Å². The van der Waals surface area contributed by atoms with Gasteiger partial charge in [0.05, 0.1) is 5.69 Å². The van der Waals surface area contributed by atoms with Crippen LogP contribution in [-0.4, -0.2) is 71.6 Å². The number of aromatic nitrogens is 1. The first kappa shape index (κ1) is 24.1. The van der Waals surface area contributed by atoms with Crippen molar-refractivity contribution in [1.82, 2.24) is 31.4 Å². The zero-order valence-electron chi connectivity index (χ0n) is 17.4. The molecule has 168 valence electrons. The highest BCUT2D eigenvalue weighted by atomic mass is 16.4. The molecule has 10 heteroatoms. The molecule has 0 aliphatic heterocycles. The van der Waals surface area contributed by atoms with E-state index in [-0.39, 0.29) is 0 Å². The van der Waals surface area contributed by atoms with Gasteiger partial charge in [-0.15, -0.1) is 0 Å². The largest absolute Gasteiger partial charge is 0.465 e. The second kappa shape index (κ2) is 13.9. The molecule has 0 saturated heterocycles. The second-order valence-corrected chi connectivity index (χ2v) is 6.81. The smallest absolute Gasteiger partial charge is 0.407 e. The number of hydrogen-bond donors (Lipinski definition) is 6. The van der Waals surface area contributed by atoms with Crippen molar-refractivity contribution in [2.45, 2.75) is 13.0 Å². The molecular formula is C21H30N6O4. The van der Waals surface area contributed by atoms with Gasteiger partial charge in [0, 0.05) is 51.0 Å². The van der Waals surface area contributed by atoms with E-state index in [1.807, 2.05) is 42.5 Å². The molecule has 1 aromatic carbocycles. The number of nitrogens with one attached hydrogen (secondary N) is 4. The Hall–Kier alpha value is -3.21. The van der Waals surface area contributed by atoms with Crippen molar-refractivity contribution in [3.63, 3.8) is 0 Å². The van der Waals surface area contributed by atoms with Crippen molar-refractivity contribution < 1.29 is 19.8 Å². The van der Waals surface area contributed by atoms with Crippen LogP contribution in [0.25, 0.3) is 11.3 Å². The predicted molar refractivity (Wildman–Crippen MR) is 118 cm³/mol. The van der Waals surface area contributed by atoms with Crippen molar-refractivity contribution in [3.05, 3.63) is 54.2 Å². The van der Waals surface area contributed by atoms with E-state index in [0.717, 1.165) is 29.8 Å². The van der Waals surface area contributed by atoms with E-state index in [1.165, 1.54) is 4.90 Å². The Morgan fingerprint density at radius 2 is 1.68 bits per heavy atom. The Balaban J connectivity index is 1.61. The Morgan fingerprint density at radius 3 is 2.35 bits per heavy atom. The third-order valence-electron chi connectivity index (χ3n) is 4.42. The molecule has 10 nitrogen and oxygen atoms in total. The molecule has 0 aliphatic carbocycles. The van der Waals surface area contributed by atoms with Crippen LogP contribution in [0.4, 0.5) is 9.59 Å². The first-order chi connectivity index (χ1) is 15.1. The topological polar surface area (TPSA) is 139 Å². The standard InChI is InChI=1S/C21H30N6O4/c28-20(29)24-13-12-22-9-3-11-25-26-14-15-27(21(30)31)16-17-5-7-18(8-6-17)19-4-1-2-10-23-19/h1-2,4-8,10,22,24-26H,3,9,11-16H2,(H,28,29)(H,30,31). The molecule has 0 saturated carbocycles. The molecular weight excluding hydrogens is 400 g/mol. The number of rotatable bonds is 14. The summed E-state index contributed by atoms with van der Waals surface area (Å²) in [5.74, 6) is 0. The molecule has 2 aromatic rings. The van der Waals surface area contributed by atoms with Gasteiger partial charge in [-0.3, -0.25) is 15.8 Å². The van der Waals surface area contributed by atoms with E-state index in [1.54, 1.807) is 6.20 Å². The quantitative estimate of drug-likeness (QED) is 0.196. The van der Waals surface area contributed by atoms with Crippen LogP contribution >= 0.6 is 0 Å². The van der Waals surface area contributed by atoms with E-state index in [0.29, 0.717) is 39.3 Å². The van der Waals surface area contributed by atoms with Gasteiger partial charge < -0.3 is 25.7 Å². The molecule has 2 amide bonds. The maximum absolute atomic E-state index is 11.5. The maximum atomic E-state index is 11.5. The lowest BCUT2D eigenvalue weighted by Gasteiger charge is -2.20. The minimum Gasteiger partial charge on any atom is -0.465 e. The van der Waals surface area contributed by atoms with Gasteiger partial charge in [-0.1, -0.05) is 30.3 Å². The van der Waals surface area contributed by atoms with Crippen molar-refractivity contribution >= 4 is 12.2 Å². The first-order valence-electron chi connectivity index (χ1n) is 10.2. The van der Waals surface area contributed by atoms with Gasteiger partial charge in [0.2, 0.25) is 0 Å². The van der Waals surface area contributed by atoms with E-state index in [4.69, 9.17) is 5.11 Å². The molecule has 0 fully saturated rings. The lowest BCUT2D eigenvalue weighted by atomic mass is 10.1. The summed E-state index contributed by atoms with van der Waals surface area (Å²) in [6.45, 7) is 3.56. The summed E-state index contributed by atoms with van der Waals surface area (Å²) in [7, 11) is 0. The molecule has 0 aliphatic rings. The maximum Gasteiger partial charge on any atom is 0.407 e. The zero-order valence-corrected chi connectivity index (χ0v) is 17.4. The zero-order chi connectivity index (χ0) is 22.3. The number of hydrazine groups is 1. The summed E-state index contributed by atoms with van der Waals surface area (Å²) in [5.41, 5.74) is 8.86. The summed E-state index contributed by atoms with van der Waals surface area (Å²) in [5, 5.41) is 23.3. The van der Waals surface area contributed by atoms with Crippen LogP contribution in [0.5, 0.6) is 0 Å². The minimum absolute atomic E-state index is 0.313. The van der Waals surface area contributed by atoms with Crippen LogP contribution in [-0.2, 0) is 6.54 Å². The van der Waals surface area contributed by atoms with E-state index in [9.17, 15) is 14.7 Å². The highest BCUT2D eigenvalue weighted by Crippen LogP contribution is 2.17. The third-order valence-corrected chi connectivity index (χ3v) is 4.42. The number of amides is 2. The van der Waals surface area contributed by atoms with Crippen molar-refractivity contribution in [2.24, 2.45) is 0 Å². The number of carboxylic acid groups (broad SMARTS) is 2. The van der Waals surface area contributed by atoms with E-state index < -0.39 is 12.2 Å². The number of carbonyl (C=O) groups is 2. The molecule has 1 aromatic heterocycles. The average molecular weight is 431 g/mol. The van der Waals surface area contributed by atoms with Crippen LogP contribution in [0.2, 0.25) is 0 Å². The number of benzene rings is 1. The van der Waals surface area contributed by atoms with E-state index >= 15 is 0 Å². The minimum atomic E-state index is -1.02. The van der Waals surface area contributed by atoms with Crippen LogP contribution in [0.3, 0.4) is 0 Å². The van der Waals surface area contributed by atoms with Gasteiger partial charge in [-0.05, 0) is 30.7 Å². The van der Waals surface area contributed by atoms with Crippen molar-refractivity contribution in [3.8, 4) is 11.3 Å². The number of nitrogens with zero attached hydrogens (tertiary/aromatic N) is 2. The first-order valence-corrected chi connectivity index (χ1v) is 10.2. The normalized spacial score (nSPS) is 10.6. The number of pyridine rings is 1. The van der Waals surface area contributed by atoms with Gasteiger partial charge in [0.25, 0.3) is 0 Å². The summed E-state index contributed by atoms with van der Waals surface area (Å²) in [6.07, 6.45) is 0.609. The van der Waals surface area contributed by atoms with Crippen LogP contribution in [0, 0.1) is 0 Å². The van der Waals surface area contributed by atoms with Crippen LogP contribution in [0.1, 0.15) is 12.0 Å². The Labute approximate surface area is 181 Å². The monoisotopic (exact) mass is 430 g/mol. The van der Waals surface area contributed by atoms with Crippen LogP contribution in [0.15, 0.2) is 48.7 Å². The summed E-state index contributed by atoms with van der Waals surface area (Å²) in [4.78, 5) is 27.5. The summed E-state index contributed by atoms with van der Waals surface area (Å²) >= 11 is 0. The molecule has 1 heterocycles. The fraction of sp³-hybridized carbons (Fsp3) is 0.381. The van der Waals surface area contributed by atoms with Gasteiger partial charge in [-0.25, -0.2) is 9.59 Å². The molecule has 31 heavy (non-hydrogen) atoms.